The van der Waals surface area contributed by atoms with Crippen LogP contribution in [0.2, 0.25) is 0 Å². The van der Waals surface area contributed by atoms with Gasteiger partial charge < -0.3 is 9.72 Å². The summed E-state index contributed by atoms with van der Waals surface area (Å²) in [5.74, 6) is 0. The van der Waals surface area contributed by atoms with E-state index in [9.17, 15) is 13.2 Å². The molecule has 0 amide bonds. The second-order valence-corrected chi connectivity index (χ2v) is 6.36. The Morgan fingerprint density at radius 2 is 1.94 bits per heavy atom. The Labute approximate surface area is 106 Å². The fourth-order valence-electron chi connectivity index (χ4n) is 2.07. The third-order valence-electron chi connectivity index (χ3n) is 2.79. The summed E-state index contributed by atoms with van der Waals surface area (Å²) in [6.45, 7) is 4.16. The molecule has 7 heteroatoms. The van der Waals surface area contributed by atoms with Crippen molar-refractivity contribution in [3.05, 3.63) is 28.7 Å². The maximum Gasteiger partial charge on any atom is 0.248 e. The fraction of sp³-hybridized carbons (Fsp3) is 0.545. The molecule has 1 fully saturated rings. The molecule has 18 heavy (non-hydrogen) atoms. The van der Waals surface area contributed by atoms with E-state index in [0.717, 1.165) is 0 Å². The lowest BCUT2D eigenvalue weighted by Crippen LogP contribution is -2.48. The molecule has 6 nitrogen and oxygen atoms in total. The van der Waals surface area contributed by atoms with E-state index >= 15 is 0 Å². The van der Waals surface area contributed by atoms with Crippen molar-refractivity contribution in [3.8, 4) is 0 Å². The van der Waals surface area contributed by atoms with Gasteiger partial charge in [-0.2, -0.15) is 4.31 Å². The van der Waals surface area contributed by atoms with Gasteiger partial charge in [-0.25, -0.2) is 8.42 Å². The van der Waals surface area contributed by atoms with E-state index in [2.05, 4.69) is 4.98 Å². The van der Waals surface area contributed by atoms with Gasteiger partial charge in [0, 0.05) is 31.5 Å². The quantitative estimate of drug-likeness (QED) is 0.832. The van der Waals surface area contributed by atoms with E-state index in [-0.39, 0.29) is 30.2 Å². The first-order chi connectivity index (χ1) is 8.41. The number of H-pyrrole nitrogens is 1. The molecule has 0 aromatic carbocycles. The second kappa shape index (κ2) is 4.83. The van der Waals surface area contributed by atoms with Crippen LogP contribution in [0.4, 0.5) is 0 Å². The highest BCUT2D eigenvalue weighted by molar-refractivity contribution is 7.89. The van der Waals surface area contributed by atoms with Gasteiger partial charge in [0.2, 0.25) is 15.5 Å². The summed E-state index contributed by atoms with van der Waals surface area (Å²) in [5, 5.41) is 0. The van der Waals surface area contributed by atoms with Crippen LogP contribution >= 0.6 is 0 Å². The predicted octanol–water partition coefficient (Wildman–Crippen LogP) is 0.173. The number of hydrogen-bond donors (Lipinski definition) is 1. The van der Waals surface area contributed by atoms with Crippen molar-refractivity contribution in [1.82, 2.24) is 9.29 Å². The SMILES string of the molecule is CC1CN(S(=O)(=O)c2c[nH]ccc2=O)CC(C)O1. The van der Waals surface area contributed by atoms with Crippen molar-refractivity contribution in [3.63, 3.8) is 0 Å². The van der Waals surface area contributed by atoms with Gasteiger partial charge in [-0.3, -0.25) is 4.79 Å². The predicted molar refractivity (Wildman–Crippen MR) is 65.8 cm³/mol. The molecule has 0 aliphatic carbocycles. The lowest BCUT2D eigenvalue weighted by molar-refractivity contribution is -0.0441. The molecule has 1 aromatic rings. The standard InChI is InChI=1S/C11H16N2O4S/c1-8-6-13(7-9(2)17-8)18(15,16)11-5-12-4-3-10(11)14/h3-5,8-9H,6-7H2,1-2H3,(H,12,14). The topological polar surface area (TPSA) is 79.5 Å². The fourth-order valence-corrected chi connectivity index (χ4v) is 3.70. The molecule has 1 N–H and O–H groups in total. The van der Waals surface area contributed by atoms with Crippen molar-refractivity contribution in [2.75, 3.05) is 13.1 Å². The van der Waals surface area contributed by atoms with E-state index in [1.165, 1.54) is 22.8 Å². The molecule has 2 atom stereocenters. The van der Waals surface area contributed by atoms with E-state index in [1.54, 1.807) is 0 Å². The van der Waals surface area contributed by atoms with E-state index < -0.39 is 15.5 Å². The molecule has 100 valence electrons. The van der Waals surface area contributed by atoms with Crippen molar-refractivity contribution in [1.29, 1.82) is 0 Å². The molecule has 1 saturated heterocycles. The average Bonchev–Trinajstić information content (AvgIpc) is 2.28. The zero-order valence-electron chi connectivity index (χ0n) is 10.3. The first-order valence-corrected chi connectivity index (χ1v) is 7.18. The molecule has 2 heterocycles. The molecule has 1 aliphatic rings. The van der Waals surface area contributed by atoms with Crippen molar-refractivity contribution in [2.24, 2.45) is 0 Å². The van der Waals surface area contributed by atoms with Gasteiger partial charge in [0.25, 0.3) is 0 Å². The Hall–Kier alpha value is -1.18. The van der Waals surface area contributed by atoms with Crippen LogP contribution in [0.15, 0.2) is 28.2 Å². The summed E-state index contributed by atoms with van der Waals surface area (Å²) in [6, 6.07) is 1.21. The molecule has 1 aromatic heterocycles. The number of aromatic amines is 1. The smallest absolute Gasteiger partial charge is 0.248 e. The van der Waals surface area contributed by atoms with Crippen molar-refractivity contribution in [2.45, 2.75) is 31.0 Å². The second-order valence-electron chi connectivity index (χ2n) is 4.45. The van der Waals surface area contributed by atoms with Crippen LogP contribution in [0, 0.1) is 0 Å². The van der Waals surface area contributed by atoms with Gasteiger partial charge in [-0.05, 0) is 13.8 Å². The first kappa shape index (κ1) is 13.3. The third-order valence-corrected chi connectivity index (χ3v) is 4.64. The summed E-state index contributed by atoms with van der Waals surface area (Å²) in [5.41, 5.74) is -0.499. The molecule has 0 saturated carbocycles. The number of aromatic nitrogens is 1. The lowest BCUT2D eigenvalue weighted by Gasteiger charge is -2.34. The number of hydrogen-bond acceptors (Lipinski definition) is 4. The number of sulfonamides is 1. The molecule has 2 unspecified atom stereocenters. The van der Waals surface area contributed by atoms with E-state index in [1.807, 2.05) is 13.8 Å². The molecular formula is C11H16N2O4S. The van der Waals surface area contributed by atoms with E-state index in [0.29, 0.717) is 0 Å². The minimum absolute atomic E-state index is 0.175. The van der Waals surface area contributed by atoms with Crippen LogP contribution in [0.5, 0.6) is 0 Å². The molecule has 2 rings (SSSR count). The summed E-state index contributed by atoms with van der Waals surface area (Å²) >= 11 is 0. The molecule has 1 aliphatic heterocycles. The maximum atomic E-state index is 12.3. The van der Waals surface area contributed by atoms with Crippen LogP contribution < -0.4 is 5.43 Å². The van der Waals surface area contributed by atoms with Gasteiger partial charge in [-0.15, -0.1) is 0 Å². The van der Waals surface area contributed by atoms with Gasteiger partial charge >= 0.3 is 0 Å². The number of morpholine rings is 1. The Bertz CT molecular complexity index is 571. The number of rotatable bonds is 2. The molecular weight excluding hydrogens is 256 g/mol. The first-order valence-electron chi connectivity index (χ1n) is 5.74. The molecule has 0 spiro atoms. The summed E-state index contributed by atoms with van der Waals surface area (Å²) in [6.07, 6.45) is 2.28. The Balaban J connectivity index is 2.37. The van der Waals surface area contributed by atoms with Crippen LogP contribution in [-0.4, -0.2) is 43.0 Å². The van der Waals surface area contributed by atoms with E-state index in [4.69, 9.17) is 4.74 Å². The van der Waals surface area contributed by atoms with Crippen LogP contribution in [0.25, 0.3) is 0 Å². The normalized spacial score (nSPS) is 26.1. The van der Waals surface area contributed by atoms with Crippen molar-refractivity contribution < 1.29 is 13.2 Å². The Morgan fingerprint density at radius 1 is 1.33 bits per heavy atom. The Kier molecular flexibility index (Phi) is 3.56. The largest absolute Gasteiger partial charge is 0.373 e. The monoisotopic (exact) mass is 272 g/mol. The Morgan fingerprint density at radius 3 is 2.50 bits per heavy atom. The van der Waals surface area contributed by atoms with Gasteiger partial charge in [0.05, 0.1) is 12.2 Å². The highest BCUT2D eigenvalue weighted by atomic mass is 32.2. The van der Waals surface area contributed by atoms with Crippen molar-refractivity contribution >= 4 is 10.0 Å². The summed E-state index contributed by atoms with van der Waals surface area (Å²) in [7, 11) is -3.75. The maximum absolute atomic E-state index is 12.3. The van der Waals surface area contributed by atoms with Crippen LogP contribution in [0.3, 0.4) is 0 Å². The zero-order chi connectivity index (χ0) is 13.3. The number of nitrogens with zero attached hydrogens (tertiary/aromatic N) is 1. The van der Waals surface area contributed by atoms with Crippen LogP contribution in [0.1, 0.15) is 13.8 Å². The highest BCUT2D eigenvalue weighted by Crippen LogP contribution is 2.18. The lowest BCUT2D eigenvalue weighted by atomic mass is 10.3. The number of nitrogens with one attached hydrogen (secondary N) is 1. The summed E-state index contributed by atoms with van der Waals surface area (Å²) in [4.78, 5) is 14.0. The average molecular weight is 272 g/mol. The van der Waals surface area contributed by atoms with Gasteiger partial charge in [0.15, 0.2) is 0 Å². The number of ether oxygens (including phenoxy) is 1. The number of pyridine rings is 1. The third kappa shape index (κ3) is 2.47. The minimum Gasteiger partial charge on any atom is -0.373 e. The minimum atomic E-state index is -3.75. The van der Waals surface area contributed by atoms with Crippen LogP contribution in [-0.2, 0) is 14.8 Å². The summed E-state index contributed by atoms with van der Waals surface area (Å²) < 4.78 is 31.5. The highest BCUT2D eigenvalue weighted by Gasteiger charge is 2.33. The zero-order valence-corrected chi connectivity index (χ0v) is 11.1. The van der Waals surface area contributed by atoms with Gasteiger partial charge in [0.1, 0.15) is 4.90 Å². The molecule has 0 bridgehead atoms. The van der Waals surface area contributed by atoms with Gasteiger partial charge in [-0.1, -0.05) is 0 Å². The molecule has 0 radical (unpaired) electrons.